The molecule has 2 aromatic rings. The summed E-state index contributed by atoms with van der Waals surface area (Å²) in [7, 11) is 0. The highest BCUT2D eigenvalue weighted by Crippen LogP contribution is 2.10. The third-order valence-corrected chi connectivity index (χ3v) is 1.85. The predicted molar refractivity (Wildman–Crippen MR) is 56.2 cm³/mol. The maximum atomic E-state index is 12.6. The van der Waals surface area contributed by atoms with E-state index in [1.165, 1.54) is 18.3 Å². The zero-order chi connectivity index (χ0) is 10.7. The normalized spacial score (nSPS) is 11.0. The van der Waals surface area contributed by atoms with Gasteiger partial charge >= 0.3 is 0 Å². The van der Waals surface area contributed by atoms with Crippen molar-refractivity contribution in [3.63, 3.8) is 0 Å². The first kappa shape index (κ1) is 9.45. The molecule has 1 aromatic heterocycles. The minimum absolute atomic E-state index is 0.133. The zero-order valence-electron chi connectivity index (χ0n) is 7.85. The van der Waals surface area contributed by atoms with Crippen LogP contribution in [0.15, 0.2) is 34.9 Å². The molecule has 1 heterocycles. The molecule has 3 nitrogen and oxygen atoms in total. The molecule has 0 atom stereocenters. The highest BCUT2D eigenvalue weighted by molar-refractivity contribution is 5.67. The van der Waals surface area contributed by atoms with E-state index in [2.05, 4.69) is 4.98 Å². The second-order valence-electron chi connectivity index (χ2n) is 2.99. The van der Waals surface area contributed by atoms with Crippen LogP contribution in [0.5, 0.6) is 0 Å². The molecule has 0 radical (unpaired) electrons. The van der Waals surface area contributed by atoms with Gasteiger partial charge in [-0.3, -0.25) is 0 Å². The lowest BCUT2D eigenvalue weighted by molar-refractivity contribution is 0.571. The monoisotopic (exact) mass is 204 g/mol. The predicted octanol–water partition coefficient (Wildman–Crippen LogP) is 2.57. The summed E-state index contributed by atoms with van der Waals surface area (Å²) in [5.41, 5.74) is 6.19. The second-order valence-corrected chi connectivity index (χ2v) is 2.99. The standard InChI is InChI=1S/C11H9FN2O/c12-9-4-1-8(2-5-9)3-6-10-7-14-11(13)15-10/h1-7H,(H2,13,14)/b6-3+. The second kappa shape index (κ2) is 3.96. The first-order valence-corrected chi connectivity index (χ1v) is 4.39. The molecule has 0 aliphatic heterocycles. The fraction of sp³-hybridized carbons (Fsp3) is 0. The van der Waals surface area contributed by atoms with Crippen LogP contribution in [0.2, 0.25) is 0 Å². The number of nitrogens with two attached hydrogens (primary N) is 1. The molecule has 0 saturated carbocycles. The summed E-state index contributed by atoms with van der Waals surface area (Å²) in [5, 5.41) is 0. The SMILES string of the molecule is Nc1ncc(/C=C/c2ccc(F)cc2)o1. The van der Waals surface area contributed by atoms with Crippen molar-refractivity contribution in [1.29, 1.82) is 0 Å². The van der Waals surface area contributed by atoms with Crippen LogP contribution >= 0.6 is 0 Å². The van der Waals surface area contributed by atoms with Crippen molar-refractivity contribution in [2.45, 2.75) is 0 Å². The number of benzene rings is 1. The van der Waals surface area contributed by atoms with E-state index in [1.807, 2.05) is 0 Å². The van der Waals surface area contributed by atoms with Gasteiger partial charge in [-0.2, -0.15) is 0 Å². The Hall–Kier alpha value is -2.10. The number of halogens is 1. The van der Waals surface area contributed by atoms with E-state index in [4.69, 9.17) is 10.2 Å². The first-order chi connectivity index (χ1) is 7.24. The largest absolute Gasteiger partial charge is 0.424 e. The van der Waals surface area contributed by atoms with Crippen molar-refractivity contribution < 1.29 is 8.81 Å². The zero-order valence-corrected chi connectivity index (χ0v) is 7.85. The van der Waals surface area contributed by atoms with E-state index < -0.39 is 0 Å². The van der Waals surface area contributed by atoms with Crippen molar-refractivity contribution in [2.24, 2.45) is 0 Å². The van der Waals surface area contributed by atoms with Gasteiger partial charge in [-0.05, 0) is 23.8 Å². The highest BCUT2D eigenvalue weighted by Gasteiger charge is 1.95. The molecule has 76 valence electrons. The molecular formula is C11H9FN2O. The van der Waals surface area contributed by atoms with Crippen molar-refractivity contribution in [3.8, 4) is 0 Å². The van der Waals surface area contributed by atoms with Gasteiger partial charge in [0.25, 0.3) is 6.01 Å². The Labute approximate surface area is 86.0 Å². The number of nitrogens with zero attached hydrogens (tertiary/aromatic N) is 1. The van der Waals surface area contributed by atoms with Gasteiger partial charge in [0.2, 0.25) is 0 Å². The lowest BCUT2D eigenvalue weighted by Crippen LogP contribution is -1.79. The fourth-order valence-electron chi connectivity index (χ4n) is 1.13. The minimum atomic E-state index is -0.254. The molecular weight excluding hydrogens is 195 g/mol. The molecule has 2 N–H and O–H groups in total. The van der Waals surface area contributed by atoms with Crippen LogP contribution in [0.25, 0.3) is 12.2 Å². The van der Waals surface area contributed by atoms with Crippen LogP contribution < -0.4 is 5.73 Å². The van der Waals surface area contributed by atoms with Crippen LogP contribution in [0.1, 0.15) is 11.3 Å². The van der Waals surface area contributed by atoms with Crippen molar-refractivity contribution in [1.82, 2.24) is 4.98 Å². The third kappa shape index (κ3) is 2.43. The van der Waals surface area contributed by atoms with Gasteiger partial charge in [-0.25, -0.2) is 9.37 Å². The number of hydrogen-bond donors (Lipinski definition) is 1. The lowest BCUT2D eigenvalue weighted by atomic mass is 10.2. The maximum Gasteiger partial charge on any atom is 0.292 e. The average molecular weight is 204 g/mol. The molecule has 0 aliphatic rings. The summed E-state index contributed by atoms with van der Waals surface area (Å²) < 4.78 is 17.6. The number of anilines is 1. The average Bonchev–Trinajstić information content (AvgIpc) is 2.64. The van der Waals surface area contributed by atoms with Gasteiger partial charge in [0.05, 0.1) is 6.20 Å². The van der Waals surface area contributed by atoms with Gasteiger partial charge in [-0.15, -0.1) is 0 Å². The topological polar surface area (TPSA) is 52.0 Å². The fourth-order valence-corrected chi connectivity index (χ4v) is 1.13. The number of hydrogen-bond acceptors (Lipinski definition) is 3. The van der Waals surface area contributed by atoms with Crippen LogP contribution in [-0.2, 0) is 0 Å². The molecule has 0 spiro atoms. The van der Waals surface area contributed by atoms with E-state index in [1.54, 1.807) is 24.3 Å². The Balaban J connectivity index is 2.14. The van der Waals surface area contributed by atoms with E-state index in [0.29, 0.717) is 5.76 Å². The first-order valence-electron chi connectivity index (χ1n) is 4.39. The van der Waals surface area contributed by atoms with Crippen LogP contribution in [0.4, 0.5) is 10.4 Å². The summed E-state index contributed by atoms with van der Waals surface area (Å²) in [6, 6.07) is 6.27. The molecule has 2 rings (SSSR count). The van der Waals surface area contributed by atoms with Gasteiger partial charge in [0.1, 0.15) is 11.6 Å². The van der Waals surface area contributed by atoms with Gasteiger partial charge in [0, 0.05) is 0 Å². The van der Waals surface area contributed by atoms with Crippen LogP contribution in [-0.4, -0.2) is 4.98 Å². The van der Waals surface area contributed by atoms with Crippen LogP contribution in [0.3, 0.4) is 0 Å². The Bertz CT molecular complexity index is 474. The van der Waals surface area contributed by atoms with Gasteiger partial charge < -0.3 is 10.2 Å². The van der Waals surface area contributed by atoms with Crippen molar-refractivity contribution >= 4 is 18.2 Å². The highest BCUT2D eigenvalue weighted by atomic mass is 19.1. The molecule has 0 unspecified atom stereocenters. The molecule has 0 amide bonds. The quantitative estimate of drug-likeness (QED) is 0.817. The Morgan fingerprint density at radius 2 is 1.93 bits per heavy atom. The van der Waals surface area contributed by atoms with Gasteiger partial charge in [0.15, 0.2) is 0 Å². The Morgan fingerprint density at radius 1 is 1.20 bits per heavy atom. The van der Waals surface area contributed by atoms with E-state index >= 15 is 0 Å². The van der Waals surface area contributed by atoms with E-state index in [9.17, 15) is 4.39 Å². The summed E-state index contributed by atoms with van der Waals surface area (Å²) in [6.45, 7) is 0. The molecule has 0 bridgehead atoms. The summed E-state index contributed by atoms with van der Waals surface area (Å²) in [4.78, 5) is 3.74. The number of aromatic nitrogens is 1. The molecule has 0 saturated heterocycles. The summed E-state index contributed by atoms with van der Waals surface area (Å²) in [5.74, 6) is 0.313. The maximum absolute atomic E-state index is 12.6. The Kier molecular flexibility index (Phi) is 2.49. The molecule has 0 fully saturated rings. The van der Waals surface area contributed by atoms with Crippen molar-refractivity contribution in [2.75, 3.05) is 5.73 Å². The minimum Gasteiger partial charge on any atom is -0.424 e. The van der Waals surface area contributed by atoms with Crippen LogP contribution in [0, 0.1) is 5.82 Å². The summed E-state index contributed by atoms with van der Waals surface area (Å²) >= 11 is 0. The number of rotatable bonds is 2. The molecule has 15 heavy (non-hydrogen) atoms. The lowest BCUT2D eigenvalue weighted by Gasteiger charge is -1.91. The third-order valence-electron chi connectivity index (χ3n) is 1.85. The molecule has 1 aromatic carbocycles. The van der Waals surface area contributed by atoms with Crippen molar-refractivity contribution in [3.05, 3.63) is 47.6 Å². The Morgan fingerprint density at radius 3 is 2.53 bits per heavy atom. The smallest absolute Gasteiger partial charge is 0.292 e. The van der Waals surface area contributed by atoms with Gasteiger partial charge in [-0.1, -0.05) is 18.2 Å². The van der Waals surface area contributed by atoms with E-state index in [0.717, 1.165) is 5.56 Å². The molecule has 4 heteroatoms. The number of oxazole rings is 1. The number of nitrogen functional groups attached to an aromatic ring is 1. The van der Waals surface area contributed by atoms with E-state index in [-0.39, 0.29) is 11.8 Å². The molecule has 0 aliphatic carbocycles. The summed E-state index contributed by atoms with van der Waals surface area (Å²) in [6.07, 6.45) is 5.03.